The highest BCUT2D eigenvalue weighted by atomic mass is 16.6. The highest BCUT2D eigenvalue weighted by Gasteiger charge is 2.57. The molecule has 0 fully saturated rings. The van der Waals surface area contributed by atoms with Crippen molar-refractivity contribution in [3.8, 4) is 5.75 Å². The van der Waals surface area contributed by atoms with Gasteiger partial charge in [0.05, 0.1) is 18.7 Å². The number of esters is 1. The van der Waals surface area contributed by atoms with Gasteiger partial charge in [0.2, 0.25) is 0 Å². The van der Waals surface area contributed by atoms with Gasteiger partial charge >= 0.3 is 11.9 Å². The summed E-state index contributed by atoms with van der Waals surface area (Å²) >= 11 is 0. The first kappa shape index (κ1) is 19.8. The van der Waals surface area contributed by atoms with Crippen LogP contribution < -0.4 is 4.74 Å². The maximum absolute atomic E-state index is 12.8. The first-order valence-electron chi connectivity index (χ1n) is 8.77. The lowest BCUT2D eigenvalue weighted by atomic mass is 9.74. The Morgan fingerprint density at radius 3 is 2.68 bits per heavy atom. The van der Waals surface area contributed by atoms with E-state index in [1.807, 2.05) is 0 Å². The first-order chi connectivity index (χ1) is 13.0. The van der Waals surface area contributed by atoms with Gasteiger partial charge in [-0.05, 0) is 39.0 Å². The fraction of sp³-hybridized carbons (Fsp3) is 0.474. The number of ether oxygens (including phenoxy) is 2. The van der Waals surface area contributed by atoms with E-state index in [4.69, 9.17) is 9.47 Å². The minimum Gasteiger partial charge on any atom is -0.484 e. The van der Waals surface area contributed by atoms with E-state index in [0.29, 0.717) is 11.3 Å². The molecule has 9 nitrogen and oxygen atoms in total. The Bertz CT molecular complexity index is 875. The fourth-order valence-electron chi connectivity index (χ4n) is 3.57. The number of carbonyl (C=O) groups excluding carboxylic acids is 2. The molecule has 2 aliphatic heterocycles. The van der Waals surface area contributed by atoms with E-state index in [-0.39, 0.29) is 12.0 Å². The molecule has 1 aromatic carbocycles. The summed E-state index contributed by atoms with van der Waals surface area (Å²) in [5, 5.41) is 22.6. The van der Waals surface area contributed by atoms with E-state index in [0.717, 1.165) is 0 Å². The van der Waals surface area contributed by atoms with E-state index < -0.39 is 40.1 Å². The number of rotatable bonds is 3. The first-order valence-corrected chi connectivity index (χ1v) is 8.77. The normalized spacial score (nSPS) is 28.3. The van der Waals surface area contributed by atoms with Gasteiger partial charge in [0, 0.05) is 23.1 Å². The Labute approximate surface area is 161 Å². The molecule has 3 atom stereocenters. The summed E-state index contributed by atoms with van der Waals surface area (Å²) in [4.78, 5) is 36.6. The Kier molecular flexibility index (Phi) is 4.66. The minimum atomic E-state index is -1.62. The second kappa shape index (κ2) is 6.59. The molecule has 28 heavy (non-hydrogen) atoms. The van der Waals surface area contributed by atoms with Crippen molar-refractivity contribution >= 4 is 11.9 Å². The molecule has 3 unspecified atom stereocenters. The smallest absolute Gasteiger partial charge is 0.337 e. The topological polar surface area (TPSA) is 119 Å². The SMILES string of the molecule is COC(=O)c1ccc2c(c1)C(N1C=CCC([N+](=O)[O-])C1=O)C(C)(O)C(C)(C)O2. The third kappa shape index (κ3) is 2.91. The lowest BCUT2D eigenvalue weighted by molar-refractivity contribution is -0.508. The Balaban J connectivity index is 2.19. The second-order valence-electron chi connectivity index (χ2n) is 7.57. The van der Waals surface area contributed by atoms with Crippen LogP contribution in [0.2, 0.25) is 0 Å². The number of fused-ring (bicyclic) bond motifs is 1. The van der Waals surface area contributed by atoms with Crippen LogP contribution in [0.25, 0.3) is 0 Å². The van der Waals surface area contributed by atoms with Crippen LogP contribution in [0.5, 0.6) is 5.75 Å². The summed E-state index contributed by atoms with van der Waals surface area (Å²) in [7, 11) is 1.24. The molecule has 150 valence electrons. The van der Waals surface area contributed by atoms with Gasteiger partial charge in [-0.15, -0.1) is 0 Å². The minimum absolute atomic E-state index is 0.0217. The average Bonchev–Trinajstić information content (AvgIpc) is 2.62. The molecular weight excluding hydrogens is 368 g/mol. The highest BCUT2D eigenvalue weighted by molar-refractivity contribution is 5.90. The Hall–Kier alpha value is -2.94. The van der Waals surface area contributed by atoms with E-state index >= 15 is 0 Å². The molecule has 0 saturated carbocycles. The molecule has 2 aliphatic rings. The molecule has 2 heterocycles. The van der Waals surface area contributed by atoms with E-state index in [1.165, 1.54) is 43.3 Å². The van der Waals surface area contributed by atoms with Crippen molar-refractivity contribution in [2.24, 2.45) is 0 Å². The number of carbonyl (C=O) groups is 2. The van der Waals surface area contributed by atoms with Crippen molar-refractivity contribution in [2.75, 3.05) is 7.11 Å². The van der Waals surface area contributed by atoms with Gasteiger partial charge in [0.1, 0.15) is 17.0 Å². The molecule has 1 amide bonds. The monoisotopic (exact) mass is 390 g/mol. The van der Waals surface area contributed by atoms with Crippen LogP contribution in [-0.4, -0.2) is 51.2 Å². The largest absolute Gasteiger partial charge is 0.484 e. The predicted molar refractivity (Wildman–Crippen MR) is 97.2 cm³/mol. The summed E-state index contributed by atoms with van der Waals surface area (Å²) in [5.41, 5.74) is -2.15. The third-order valence-corrected chi connectivity index (χ3v) is 5.54. The van der Waals surface area contributed by atoms with E-state index in [1.54, 1.807) is 19.9 Å². The number of nitro groups is 1. The maximum atomic E-state index is 12.8. The lowest BCUT2D eigenvalue weighted by Gasteiger charge is -2.52. The quantitative estimate of drug-likeness (QED) is 0.475. The number of hydrogen-bond acceptors (Lipinski definition) is 7. The van der Waals surface area contributed by atoms with Gasteiger partial charge in [-0.3, -0.25) is 14.9 Å². The van der Waals surface area contributed by atoms with Gasteiger partial charge in [-0.1, -0.05) is 6.08 Å². The van der Waals surface area contributed by atoms with Crippen LogP contribution >= 0.6 is 0 Å². The molecule has 0 spiro atoms. The summed E-state index contributed by atoms with van der Waals surface area (Å²) in [6, 6.07) is 2.13. The van der Waals surface area contributed by atoms with Crippen molar-refractivity contribution in [1.29, 1.82) is 0 Å². The van der Waals surface area contributed by atoms with E-state index in [2.05, 4.69) is 0 Å². The fourth-order valence-corrected chi connectivity index (χ4v) is 3.57. The van der Waals surface area contributed by atoms with Crippen molar-refractivity contribution in [3.05, 3.63) is 51.7 Å². The second-order valence-corrected chi connectivity index (χ2v) is 7.57. The summed E-state index contributed by atoms with van der Waals surface area (Å²) in [6.07, 6.45) is 2.95. The van der Waals surface area contributed by atoms with Crippen LogP contribution in [-0.2, 0) is 9.53 Å². The summed E-state index contributed by atoms with van der Waals surface area (Å²) < 4.78 is 10.7. The zero-order valence-electron chi connectivity index (χ0n) is 16.0. The predicted octanol–water partition coefficient (Wildman–Crippen LogP) is 1.83. The van der Waals surface area contributed by atoms with Crippen LogP contribution in [0, 0.1) is 10.1 Å². The third-order valence-electron chi connectivity index (χ3n) is 5.54. The molecule has 0 bridgehead atoms. The Morgan fingerprint density at radius 1 is 1.39 bits per heavy atom. The maximum Gasteiger partial charge on any atom is 0.337 e. The zero-order chi connectivity index (χ0) is 20.9. The van der Waals surface area contributed by atoms with Crippen molar-refractivity contribution in [2.45, 2.75) is 50.5 Å². The Morgan fingerprint density at radius 2 is 2.07 bits per heavy atom. The molecule has 9 heteroatoms. The van der Waals surface area contributed by atoms with Crippen LogP contribution in [0.15, 0.2) is 30.5 Å². The molecule has 0 radical (unpaired) electrons. The number of aliphatic hydroxyl groups is 1. The van der Waals surface area contributed by atoms with Crippen molar-refractivity contribution in [1.82, 2.24) is 4.90 Å². The van der Waals surface area contributed by atoms with Gasteiger partial charge in [0.15, 0.2) is 0 Å². The van der Waals surface area contributed by atoms with Crippen LogP contribution in [0.1, 0.15) is 49.2 Å². The summed E-state index contributed by atoms with van der Waals surface area (Å²) in [5.74, 6) is -0.946. The molecule has 3 rings (SSSR count). The van der Waals surface area contributed by atoms with Gasteiger partial charge < -0.3 is 19.5 Å². The number of methoxy groups -OCH3 is 1. The molecule has 1 N–H and O–H groups in total. The number of hydrogen-bond donors (Lipinski definition) is 1. The van der Waals surface area contributed by atoms with Gasteiger partial charge in [-0.25, -0.2) is 4.79 Å². The molecule has 0 saturated heterocycles. The van der Waals surface area contributed by atoms with Crippen LogP contribution in [0.3, 0.4) is 0 Å². The van der Waals surface area contributed by atoms with Gasteiger partial charge in [-0.2, -0.15) is 0 Å². The standard InChI is InChI=1S/C19H22N2O7/c1-18(2)19(3,24)15(20-9-5-6-13(16(20)22)21(25)26)12-10-11(17(23)27-4)7-8-14(12)28-18/h5,7-10,13,15,24H,6H2,1-4H3. The number of benzene rings is 1. The lowest BCUT2D eigenvalue weighted by Crippen LogP contribution is -2.63. The van der Waals surface area contributed by atoms with Gasteiger partial charge in [0.25, 0.3) is 6.04 Å². The molecule has 0 aliphatic carbocycles. The van der Waals surface area contributed by atoms with E-state index in [9.17, 15) is 24.8 Å². The average molecular weight is 390 g/mol. The molecule has 1 aromatic rings. The number of amides is 1. The molecular formula is C19H22N2O7. The molecule has 0 aromatic heterocycles. The number of nitrogens with zero attached hydrogens (tertiary/aromatic N) is 2. The van der Waals surface area contributed by atoms with Crippen LogP contribution in [0.4, 0.5) is 0 Å². The zero-order valence-corrected chi connectivity index (χ0v) is 16.0. The summed E-state index contributed by atoms with van der Waals surface area (Å²) in [6.45, 7) is 4.84. The highest BCUT2D eigenvalue weighted by Crippen LogP contribution is 2.50. The van der Waals surface area contributed by atoms with Crippen molar-refractivity contribution in [3.63, 3.8) is 0 Å². The van der Waals surface area contributed by atoms with Crippen molar-refractivity contribution < 1.29 is 29.1 Å².